The van der Waals surface area contributed by atoms with Crippen molar-refractivity contribution < 1.29 is 32.6 Å². The third-order valence-electron chi connectivity index (χ3n) is 7.70. The number of benzene rings is 2. The van der Waals surface area contributed by atoms with Crippen LogP contribution in [0.2, 0.25) is 0 Å². The molecule has 0 saturated heterocycles. The summed E-state index contributed by atoms with van der Waals surface area (Å²) < 4.78 is 46.3. The lowest BCUT2D eigenvalue weighted by Crippen LogP contribution is -2.36. The van der Waals surface area contributed by atoms with Gasteiger partial charge < -0.3 is 24.4 Å². The molecule has 4 aromatic rings. The summed E-state index contributed by atoms with van der Waals surface area (Å²) in [6.45, 7) is 10.1. The smallest absolute Gasteiger partial charge is 0.416 e. The molecule has 0 atom stereocenters. The molecular formula is C36H39F2N5O5. The van der Waals surface area contributed by atoms with Gasteiger partial charge in [0.1, 0.15) is 40.4 Å². The largest absolute Gasteiger partial charge is 0.497 e. The summed E-state index contributed by atoms with van der Waals surface area (Å²) >= 11 is 0. The number of anilines is 3. The molecule has 2 aromatic carbocycles. The molecule has 252 valence electrons. The molecular weight excluding hydrogens is 620 g/mol. The van der Waals surface area contributed by atoms with E-state index in [1.54, 1.807) is 51.0 Å². The molecule has 0 radical (unpaired) electrons. The summed E-state index contributed by atoms with van der Waals surface area (Å²) in [5.74, 6) is 0.00161. The minimum Gasteiger partial charge on any atom is -0.497 e. The second-order valence-corrected chi connectivity index (χ2v) is 12.0. The highest BCUT2D eigenvalue weighted by molar-refractivity contribution is 6.04. The van der Waals surface area contributed by atoms with Crippen LogP contribution in [0.5, 0.6) is 11.5 Å². The van der Waals surface area contributed by atoms with E-state index in [2.05, 4.69) is 15.3 Å². The molecule has 6 rings (SSSR count). The van der Waals surface area contributed by atoms with Crippen molar-refractivity contribution in [3.8, 4) is 22.8 Å². The van der Waals surface area contributed by atoms with Crippen LogP contribution in [-0.4, -0.2) is 53.2 Å². The third-order valence-corrected chi connectivity index (χ3v) is 7.70. The first-order chi connectivity index (χ1) is 23.0. The predicted octanol–water partition coefficient (Wildman–Crippen LogP) is 7.66. The van der Waals surface area contributed by atoms with Gasteiger partial charge >= 0.3 is 6.09 Å². The first kappa shape index (κ1) is 34.1. The van der Waals surface area contributed by atoms with Gasteiger partial charge in [0.25, 0.3) is 5.91 Å². The number of amides is 2. The number of carbonyl (C=O) groups excluding carboxylic acids is 2. The summed E-state index contributed by atoms with van der Waals surface area (Å²) in [6.07, 6.45) is 0.0867. The molecule has 0 unspecified atom stereocenters. The van der Waals surface area contributed by atoms with E-state index < -0.39 is 23.3 Å². The normalized spacial score (nSPS) is 13.4. The molecule has 48 heavy (non-hydrogen) atoms. The van der Waals surface area contributed by atoms with Crippen molar-refractivity contribution in [2.24, 2.45) is 0 Å². The molecule has 0 aliphatic carbocycles. The van der Waals surface area contributed by atoms with E-state index in [0.29, 0.717) is 41.8 Å². The third kappa shape index (κ3) is 6.87. The van der Waals surface area contributed by atoms with Gasteiger partial charge in [-0.15, -0.1) is 0 Å². The standard InChI is InChI=1S/C34H33F2N5O5.C2H6/c1-34(2,3)46-33(43)41-14-13-19-10-12-28(39-31(19)41)38-25-16-24(29-22(35)7-6-8-23(29)36)37-26-18-40(32(42)30(25)26)17-20-9-11-21(44-4)15-27(20)45-5;1-2/h6-12,15-16H,13-14,17-18H2,1-5H3,(H,37,38,39);1-2H3. The molecule has 2 aromatic heterocycles. The van der Waals surface area contributed by atoms with Crippen LogP contribution in [0.1, 0.15) is 61.8 Å². The van der Waals surface area contributed by atoms with E-state index in [-0.39, 0.29) is 41.5 Å². The highest BCUT2D eigenvalue weighted by Crippen LogP contribution is 2.38. The van der Waals surface area contributed by atoms with Crippen molar-refractivity contribution in [1.29, 1.82) is 0 Å². The van der Waals surface area contributed by atoms with Crippen molar-refractivity contribution in [2.45, 2.75) is 59.7 Å². The van der Waals surface area contributed by atoms with Crippen LogP contribution in [0.4, 0.5) is 30.9 Å². The maximum absolute atomic E-state index is 15.0. The Labute approximate surface area is 278 Å². The molecule has 0 spiro atoms. The monoisotopic (exact) mass is 659 g/mol. The Bertz CT molecular complexity index is 1840. The fourth-order valence-corrected chi connectivity index (χ4v) is 5.59. The molecule has 0 saturated carbocycles. The summed E-state index contributed by atoms with van der Waals surface area (Å²) in [6, 6.07) is 13.9. The van der Waals surface area contributed by atoms with Gasteiger partial charge in [-0.25, -0.2) is 23.5 Å². The van der Waals surface area contributed by atoms with E-state index in [4.69, 9.17) is 14.2 Å². The topological polar surface area (TPSA) is 106 Å². The number of nitrogens with one attached hydrogen (secondary N) is 1. The zero-order chi connectivity index (χ0) is 34.7. The lowest BCUT2D eigenvalue weighted by atomic mass is 10.1. The molecule has 2 amide bonds. The van der Waals surface area contributed by atoms with Crippen LogP contribution in [0.25, 0.3) is 11.3 Å². The minimum atomic E-state index is -0.786. The van der Waals surface area contributed by atoms with E-state index in [0.717, 1.165) is 23.3 Å². The molecule has 2 aliphatic heterocycles. The number of hydrogen-bond acceptors (Lipinski definition) is 8. The van der Waals surface area contributed by atoms with E-state index in [9.17, 15) is 18.4 Å². The number of halogens is 2. The van der Waals surface area contributed by atoms with Crippen LogP contribution >= 0.6 is 0 Å². The van der Waals surface area contributed by atoms with Crippen molar-refractivity contribution in [1.82, 2.24) is 14.9 Å². The Hall–Kier alpha value is -5.26. The van der Waals surface area contributed by atoms with Gasteiger partial charge in [0.05, 0.1) is 55.5 Å². The molecule has 0 bridgehead atoms. The van der Waals surface area contributed by atoms with E-state index in [1.807, 2.05) is 26.0 Å². The van der Waals surface area contributed by atoms with Gasteiger partial charge in [-0.2, -0.15) is 0 Å². The maximum atomic E-state index is 15.0. The first-order valence-corrected chi connectivity index (χ1v) is 15.7. The van der Waals surface area contributed by atoms with Crippen LogP contribution in [-0.2, 0) is 24.2 Å². The van der Waals surface area contributed by atoms with Crippen molar-refractivity contribution in [2.75, 3.05) is 31.0 Å². The summed E-state index contributed by atoms with van der Waals surface area (Å²) in [5, 5.41) is 3.18. The molecule has 4 heterocycles. The van der Waals surface area contributed by atoms with Crippen molar-refractivity contribution >= 4 is 29.3 Å². The quantitative estimate of drug-likeness (QED) is 0.216. The van der Waals surface area contributed by atoms with Crippen LogP contribution in [0.3, 0.4) is 0 Å². The maximum Gasteiger partial charge on any atom is 0.416 e. The number of fused-ring (bicyclic) bond motifs is 2. The molecule has 2 aliphatic rings. The van der Waals surface area contributed by atoms with Gasteiger partial charge in [-0.05, 0) is 69.2 Å². The molecule has 0 fully saturated rings. The lowest BCUT2D eigenvalue weighted by Gasteiger charge is -2.24. The predicted molar refractivity (Wildman–Crippen MR) is 179 cm³/mol. The Balaban J connectivity index is 0.00000221. The Morgan fingerprint density at radius 1 is 0.958 bits per heavy atom. The summed E-state index contributed by atoms with van der Waals surface area (Å²) in [4.78, 5) is 39.1. The highest BCUT2D eigenvalue weighted by atomic mass is 19.1. The van der Waals surface area contributed by atoms with Gasteiger partial charge in [-0.3, -0.25) is 9.69 Å². The Kier molecular flexibility index (Phi) is 9.83. The van der Waals surface area contributed by atoms with Gasteiger partial charge in [-0.1, -0.05) is 26.0 Å². The molecule has 12 heteroatoms. The fraction of sp³-hybridized carbons (Fsp3) is 0.333. The summed E-state index contributed by atoms with van der Waals surface area (Å²) in [7, 11) is 3.08. The average molecular weight is 660 g/mol. The van der Waals surface area contributed by atoms with Crippen molar-refractivity contribution in [3.05, 3.63) is 88.6 Å². The lowest BCUT2D eigenvalue weighted by molar-refractivity contribution is 0.0582. The summed E-state index contributed by atoms with van der Waals surface area (Å²) in [5.41, 5.74) is 1.48. The fourth-order valence-electron chi connectivity index (χ4n) is 5.59. The van der Waals surface area contributed by atoms with Gasteiger partial charge in [0.15, 0.2) is 0 Å². The Morgan fingerprint density at radius 3 is 2.35 bits per heavy atom. The molecule has 10 nitrogen and oxygen atoms in total. The van der Waals surface area contributed by atoms with Crippen LogP contribution < -0.4 is 19.7 Å². The zero-order valence-corrected chi connectivity index (χ0v) is 28.1. The van der Waals surface area contributed by atoms with E-state index in [1.165, 1.54) is 24.1 Å². The number of aromatic nitrogens is 2. The number of carbonyl (C=O) groups is 2. The number of ether oxygens (including phenoxy) is 3. The number of rotatable bonds is 7. The van der Waals surface area contributed by atoms with Crippen molar-refractivity contribution in [3.63, 3.8) is 0 Å². The second kappa shape index (κ2) is 13.8. The molecule has 1 N–H and O–H groups in total. The Morgan fingerprint density at radius 2 is 1.69 bits per heavy atom. The SMILES string of the molecule is CC.COc1ccc(CN2Cc3nc(-c4c(F)cccc4F)cc(Nc4ccc5c(n4)N(C(=O)OC(C)(C)C)CC5)c3C2=O)c(OC)c1. The van der Waals surface area contributed by atoms with Crippen LogP contribution in [0, 0.1) is 11.6 Å². The number of nitrogens with zero attached hydrogens (tertiary/aromatic N) is 4. The highest BCUT2D eigenvalue weighted by Gasteiger charge is 2.35. The van der Waals surface area contributed by atoms with Crippen LogP contribution in [0.15, 0.2) is 54.6 Å². The minimum absolute atomic E-state index is 0.0186. The zero-order valence-electron chi connectivity index (χ0n) is 28.1. The van der Waals surface area contributed by atoms with Gasteiger partial charge in [0.2, 0.25) is 0 Å². The first-order valence-electron chi connectivity index (χ1n) is 15.7. The number of hydrogen-bond donors (Lipinski definition) is 1. The average Bonchev–Trinajstić information content (AvgIpc) is 3.61. The number of methoxy groups -OCH3 is 2. The second-order valence-electron chi connectivity index (χ2n) is 12.0. The van der Waals surface area contributed by atoms with Gasteiger partial charge in [0, 0.05) is 18.2 Å². The van der Waals surface area contributed by atoms with E-state index >= 15 is 0 Å². The number of pyridine rings is 2.